The number of hydrogen-bond acceptors (Lipinski definition) is 4. The monoisotopic (exact) mass is 299 g/mol. The molecule has 0 amide bonds. The van der Waals surface area contributed by atoms with Gasteiger partial charge >= 0.3 is 0 Å². The van der Waals surface area contributed by atoms with Gasteiger partial charge < -0.3 is 14.8 Å². The van der Waals surface area contributed by atoms with Crippen molar-refractivity contribution in [3.63, 3.8) is 0 Å². The van der Waals surface area contributed by atoms with Gasteiger partial charge in [0.2, 0.25) is 0 Å². The average Bonchev–Trinajstić information content (AvgIpc) is 2.91. The van der Waals surface area contributed by atoms with Gasteiger partial charge in [0.15, 0.2) is 0 Å². The Hall–Kier alpha value is -1.53. The summed E-state index contributed by atoms with van der Waals surface area (Å²) in [5.41, 5.74) is 1.75. The zero-order chi connectivity index (χ0) is 14.4. The van der Waals surface area contributed by atoms with Crippen LogP contribution in [0.4, 0.5) is 14.5 Å². The van der Waals surface area contributed by atoms with Gasteiger partial charge in [-0.2, -0.15) is 8.78 Å². The van der Waals surface area contributed by atoms with Crippen LogP contribution in [0, 0.1) is 0 Å². The van der Waals surface area contributed by atoms with Crippen LogP contribution in [-0.2, 0) is 18.9 Å². The molecule has 2 rings (SSSR count). The molecule has 108 valence electrons. The number of aliphatic hydroxyl groups is 1. The van der Waals surface area contributed by atoms with E-state index in [1.54, 1.807) is 12.1 Å². The van der Waals surface area contributed by atoms with Crippen LogP contribution < -0.4 is 5.32 Å². The van der Waals surface area contributed by atoms with Crippen LogP contribution in [0.3, 0.4) is 0 Å². The van der Waals surface area contributed by atoms with Gasteiger partial charge in [-0.3, -0.25) is 0 Å². The Bertz CT molecular complexity index is 528. The molecule has 2 aromatic rings. The summed E-state index contributed by atoms with van der Waals surface area (Å²) in [5, 5.41) is 12.1. The first kappa shape index (κ1) is 14.9. The quantitative estimate of drug-likeness (QED) is 0.815. The van der Waals surface area contributed by atoms with Gasteiger partial charge in [-0.1, -0.05) is 23.9 Å². The number of furan rings is 1. The van der Waals surface area contributed by atoms with Crippen molar-refractivity contribution in [2.45, 2.75) is 24.7 Å². The molecule has 0 unspecified atom stereocenters. The SMILES string of the molecule is OCc1ccc(NCc2ccc(CSC(F)F)o2)cc1. The summed E-state index contributed by atoms with van der Waals surface area (Å²) >= 11 is 0.545. The van der Waals surface area contributed by atoms with E-state index in [0.717, 1.165) is 11.3 Å². The zero-order valence-electron chi connectivity index (χ0n) is 10.7. The lowest BCUT2D eigenvalue weighted by Crippen LogP contribution is -1.98. The standard InChI is InChI=1S/C14H15F2NO2S/c15-14(16)20-9-13-6-5-12(19-13)7-17-11-3-1-10(8-18)2-4-11/h1-6,14,17-18H,7-9H2. The molecule has 0 aliphatic heterocycles. The molecule has 0 fully saturated rings. The van der Waals surface area contributed by atoms with Gasteiger partial charge in [0.25, 0.3) is 5.76 Å². The third-order valence-electron chi connectivity index (χ3n) is 2.67. The Morgan fingerprint density at radius 3 is 2.45 bits per heavy atom. The molecule has 0 bridgehead atoms. The summed E-state index contributed by atoms with van der Waals surface area (Å²) in [6, 6.07) is 10.9. The van der Waals surface area contributed by atoms with E-state index in [9.17, 15) is 8.78 Å². The Kier molecular flexibility index (Phi) is 5.43. The Morgan fingerprint density at radius 2 is 1.80 bits per heavy atom. The number of nitrogens with one attached hydrogen (secondary N) is 1. The molecule has 20 heavy (non-hydrogen) atoms. The minimum Gasteiger partial charge on any atom is -0.463 e. The maximum Gasteiger partial charge on any atom is 0.284 e. The molecule has 1 heterocycles. The van der Waals surface area contributed by atoms with Gasteiger partial charge in [0, 0.05) is 5.69 Å². The molecule has 0 aliphatic carbocycles. The lowest BCUT2D eigenvalue weighted by Gasteiger charge is -2.05. The van der Waals surface area contributed by atoms with Crippen molar-refractivity contribution in [2.24, 2.45) is 0 Å². The first-order valence-electron chi connectivity index (χ1n) is 6.08. The number of hydrogen-bond donors (Lipinski definition) is 2. The average molecular weight is 299 g/mol. The molecule has 1 aromatic heterocycles. The Labute approximate surface area is 120 Å². The highest BCUT2D eigenvalue weighted by Crippen LogP contribution is 2.21. The maximum absolute atomic E-state index is 12.0. The first-order valence-corrected chi connectivity index (χ1v) is 7.13. The second-order valence-electron chi connectivity index (χ2n) is 4.15. The van der Waals surface area contributed by atoms with Gasteiger partial charge in [-0.25, -0.2) is 0 Å². The van der Waals surface area contributed by atoms with Gasteiger partial charge in [-0.15, -0.1) is 0 Å². The van der Waals surface area contributed by atoms with E-state index in [0.29, 0.717) is 29.8 Å². The second-order valence-corrected chi connectivity index (χ2v) is 5.13. The summed E-state index contributed by atoms with van der Waals surface area (Å²) < 4.78 is 29.5. The molecule has 3 nitrogen and oxygen atoms in total. The van der Waals surface area contributed by atoms with Crippen LogP contribution >= 0.6 is 11.8 Å². The van der Waals surface area contributed by atoms with Crippen molar-refractivity contribution >= 4 is 17.4 Å². The number of thioether (sulfide) groups is 1. The fourth-order valence-electron chi connectivity index (χ4n) is 1.66. The molecule has 0 spiro atoms. The van der Waals surface area contributed by atoms with E-state index in [1.807, 2.05) is 24.3 Å². The number of alkyl halides is 2. The minimum atomic E-state index is -2.38. The summed E-state index contributed by atoms with van der Waals surface area (Å²) in [4.78, 5) is 0. The van der Waals surface area contributed by atoms with Crippen molar-refractivity contribution in [1.82, 2.24) is 0 Å². The van der Waals surface area contributed by atoms with Crippen LogP contribution in [-0.4, -0.2) is 10.9 Å². The molecule has 2 N–H and O–H groups in total. The van der Waals surface area contributed by atoms with Crippen LogP contribution in [0.15, 0.2) is 40.8 Å². The number of anilines is 1. The Balaban J connectivity index is 1.84. The minimum absolute atomic E-state index is 0.0175. The van der Waals surface area contributed by atoms with E-state index in [4.69, 9.17) is 9.52 Å². The van der Waals surface area contributed by atoms with Gasteiger partial charge in [-0.05, 0) is 29.8 Å². The predicted octanol–water partition coefficient (Wildman–Crippen LogP) is 3.84. The molecular weight excluding hydrogens is 284 g/mol. The second kappa shape index (κ2) is 7.31. The molecule has 0 atom stereocenters. The van der Waals surface area contributed by atoms with Crippen molar-refractivity contribution < 1.29 is 18.3 Å². The molecule has 0 saturated heterocycles. The lowest BCUT2D eigenvalue weighted by atomic mass is 10.2. The highest BCUT2D eigenvalue weighted by atomic mass is 32.2. The number of halogens is 2. The van der Waals surface area contributed by atoms with E-state index >= 15 is 0 Å². The zero-order valence-corrected chi connectivity index (χ0v) is 11.5. The number of rotatable bonds is 7. The molecule has 0 saturated carbocycles. The number of aliphatic hydroxyl groups excluding tert-OH is 1. The van der Waals surface area contributed by atoms with E-state index in [1.165, 1.54) is 0 Å². The summed E-state index contributed by atoms with van der Waals surface area (Å²) in [7, 11) is 0. The van der Waals surface area contributed by atoms with Crippen molar-refractivity contribution in [1.29, 1.82) is 0 Å². The lowest BCUT2D eigenvalue weighted by molar-refractivity contribution is 0.251. The maximum atomic E-state index is 12.0. The fourth-order valence-corrected chi connectivity index (χ4v) is 2.10. The van der Waals surface area contributed by atoms with Crippen LogP contribution in [0.1, 0.15) is 17.1 Å². The summed E-state index contributed by atoms with van der Waals surface area (Å²) in [6.45, 7) is 0.501. The predicted molar refractivity (Wildman–Crippen MR) is 75.7 cm³/mol. The first-order chi connectivity index (χ1) is 9.67. The molecule has 6 heteroatoms. The smallest absolute Gasteiger partial charge is 0.284 e. The highest BCUT2D eigenvalue weighted by Gasteiger charge is 2.07. The highest BCUT2D eigenvalue weighted by molar-refractivity contribution is 7.98. The Morgan fingerprint density at radius 1 is 1.10 bits per heavy atom. The summed E-state index contributed by atoms with van der Waals surface area (Å²) in [6.07, 6.45) is 0. The van der Waals surface area contributed by atoms with Gasteiger partial charge in [0.1, 0.15) is 11.5 Å². The molecular formula is C14H15F2NO2S. The van der Waals surface area contributed by atoms with E-state index in [2.05, 4.69) is 5.32 Å². The van der Waals surface area contributed by atoms with Gasteiger partial charge in [0.05, 0.1) is 18.9 Å². The largest absolute Gasteiger partial charge is 0.463 e. The summed E-state index contributed by atoms with van der Waals surface area (Å²) in [5.74, 6) is -0.974. The van der Waals surface area contributed by atoms with Crippen LogP contribution in [0.2, 0.25) is 0 Å². The van der Waals surface area contributed by atoms with Crippen LogP contribution in [0.5, 0.6) is 0 Å². The van der Waals surface area contributed by atoms with Crippen LogP contribution in [0.25, 0.3) is 0 Å². The van der Waals surface area contributed by atoms with E-state index in [-0.39, 0.29) is 12.4 Å². The molecule has 0 aliphatic rings. The normalized spacial score (nSPS) is 11.0. The fraction of sp³-hybridized carbons (Fsp3) is 0.286. The number of benzene rings is 1. The topological polar surface area (TPSA) is 45.4 Å². The third kappa shape index (κ3) is 4.54. The third-order valence-corrected chi connectivity index (χ3v) is 3.38. The van der Waals surface area contributed by atoms with E-state index < -0.39 is 5.76 Å². The van der Waals surface area contributed by atoms with Crippen molar-refractivity contribution in [3.8, 4) is 0 Å². The molecule has 0 radical (unpaired) electrons. The molecule has 1 aromatic carbocycles. The van der Waals surface area contributed by atoms with Crippen molar-refractivity contribution in [2.75, 3.05) is 5.32 Å². The van der Waals surface area contributed by atoms with Crippen molar-refractivity contribution in [3.05, 3.63) is 53.5 Å².